The summed E-state index contributed by atoms with van der Waals surface area (Å²) in [6, 6.07) is 4.97. The highest BCUT2D eigenvalue weighted by Crippen LogP contribution is 2.31. The maximum Gasteiger partial charge on any atom is 0.322 e. The van der Waals surface area contributed by atoms with Gasteiger partial charge in [0, 0.05) is 16.7 Å². The molecule has 0 bridgehead atoms. The van der Waals surface area contributed by atoms with Crippen molar-refractivity contribution in [1.29, 1.82) is 0 Å². The zero-order chi connectivity index (χ0) is 18.1. The van der Waals surface area contributed by atoms with Crippen molar-refractivity contribution in [3.05, 3.63) is 47.0 Å². The summed E-state index contributed by atoms with van der Waals surface area (Å²) in [5.74, 6) is -3.12. The molecule has 0 saturated carbocycles. The van der Waals surface area contributed by atoms with Crippen molar-refractivity contribution in [2.24, 2.45) is 0 Å². The zero-order valence-electron chi connectivity index (χ0n) is 12.8. The number of aromatic nitrogens is 3. The van der Waals surface area contributed by atoms with E-state index in [1.54, 1.807) is 0 Å². The number of fused-ring (bicyclic) bond motifs is 1. The molecule has 0 radical (unpaired) electrons. The van der Waals surface area contributed by atoms with E-state index < -0.39 is 30.0 Å². The fourth-order valence-corrected chi connectivity index (χ4v) is 2.56. The van der Waals surface area contributed by atoms with Gasteiger partial charge in [0.1, 0.15) is 30.0 Å². The number of carboxylic acid groups (broad SMARTS) is 1. The van der Waals surface area contributed by atoms with Crippen molar-refractivity contribution in [3.8, 4) is 17.0 Å². The second kappa shape index (κ2) is 7.54. The molecule has 8 nitrogen and oxygen atoms in total. The molecule has 11 heteroatoms. The molecule has 2 heterocycles. The highest BCUT2D eigenvalue weighted by molar-refractivity contribution is 6.30. The molecule has 0 atom stereocenters. The number of nitrogens with zero attached hydrogens (tertiary/aromatic N) is 3. The molecular formula is C15H11Cl2FN4O4. The van der Waals surface area contributed by atoms with Gasteiger partial charge >= 0.3 is 5.97 Å². The Morgan fingerprint density at radius 3 is 2.65 bits per heavy atom. The number of carboxylic acids is 1. The predicted octanol–water partition coefficient (Wildman–Crippen LogP) is 2.13. The lowest BCUT2D eigenvalue weighted by molar-refractivity contribution is -0.135. The summed E-state index contributed by atoms with van der Waals surface area (Å²) in [5, 5.41) is 25.1. The van der Waals surface area contributed by atoms with Gasteiger partial charge in [-0.05, 0) is 18.2 Å². The summed E-state index contributed by atoms with van der Waals surface area (Å²) >= 11 is 5.85. The molecule has 3 rings (SSSR count). The van der Waals surface area contributed by atoms with Crippen LogP contribution in [0.3, 0.4) is 0 Å². The van der Waals surface area contributed by atoms with E-state index in [2.05, 4.69) is 15.4 Å². The Labute approximate surface area is 156 Å². The van der Waals surface area contributed by atoms with E-state index in [-0.39, 0.29) is 34.3 Å². The number of aliphatic carboxylic acids is 1. The first-order chi connectivity index (χ1) is 11.9. The topological polar surface area (TPSA) is 117 Å². The summed E-state index contributed by atoms with van der Waals surface area (Å²) < 4.78 is 14.8. The van der Waals surface area contributed by atoms with Crippen LogP contribution in [0.25, 0.3) is 16.9 Å². The number of benzene rings is 1. The molecule has 26 heavy (non-hydrogen) atoms. The van der Waals surface area contributed by atoms with E-state index in [0.29, 0.717) is 5.56 Å². The van der Waals surface area contributed by atoms with Gasteiger partial charge in [-0.3, -0.25) is 9.59 Å². The van der Waals surface area contributed by atoms with Crippen molar-refractivity contribution in [2.75, 3.05) is 6.54 Å². The zero-order valence-corrected chi connectivity index (χ0v) is 14.4. The van der Waals surface area contributed by atoms with Crippen molar-refractivity contribution in [3.63, 3.8) is 0 Å². The predicted molar refractivity (Wildman–Crippen MR) is 92.3 cm³/mol. The number of aromatic hydroxyl groups is 1. The van der Waals surface area contributed by atoms with E-state index in [9.17, 15) is 19.1 Å². The number of halogens is 3. The van der Waals surface area contributed by atoms with Crippen molar-refractivity contribution in [2.45, 2.75) is 0 Å². The van der Waals surface area contributed by atoms with Gasteiger partial charge in [-0.15, -0.1) is 12.4 Å². The number of rotatable bonds is 4. The van der Waals surface area contributed by atoms with Crippen LogP contribution in [0.2, 0.25) is 5.02 Å². The van der Waals surface area contributed by atoms with E-state index >= 15 is 0 Å². The van der Waals surface area contributed by atoms with Crippen LogP contribution in [-0.4, -0.2) is 43.2 Å². The van der Waals surface area contributed by atoms with E-state index in [0.717, 1.165) is 12.4 Å². The van der Waals surface area contributed by atoms with Crippen LogP contribution in [0.4, 0.5) is 4.39 Å². The molecule has 3 aromatic rings. The highest BCUT2D eigenvalue weighted by Gasteiger charge is 2.21. The number of hydrogen-bond acceptors (Lipinski definition) is 5. The fraction of sp³-hybridized carbons (Fsp3) is 0.0667. The SMILES string of the molecule is Cl.O=C(O)CNC(=O)c1c(O)cc(-c2cc(F)cc(Cl)c2)n2ncnc12. The number of hydrogen-bond donors (Lipinski definition) is 3. The molecule has 0 aliphatic carbocycles. The maximum absolute atomic E-state index is 13.6. The quantitative estimate of drug-likeness (QED) is 0.617. The second-order valence-electron chi connectivity index (χ2n) is 5.02. The third kappa shape index (κ3) is 3.68. The van der Waals surface area contributed by atoms with Crippen molar-refractivity contribution < 1.29 is 24.2 Å². The molecule has 2 aromatic heterocycles. The molecule has 1 aromatic carbocycles. The van der Waals surface area contributed by atoms with Crippen LogP contribution >= 0.6 is 24.0 Å². The van der Waals surface area contributed by atoms with Gasteiger partial charge in [0.2, 0.25) is 0 Å². The molecule has 136 valence electrons. The number of carbonyl (C=O) groups excluding carboxylic acids is 1. The minimum absolute atomic E-state index is 0. The van der Waals surface area contributed by atoms with Gasteiger partial charge in [0.15, 0.2) is 5.65 Å². The van der Waals surface area contributed by atoms with Crippen LogP contribution in [0.5, 0.6) is 5.75 Å². The van der Waals surface area contributed by atoms with Gasteiger partial charge in [-0.1, -0.05) is 11.6 Å². The van der Waals surface area contributed by atoms with Crippen molar-refractivity contribution >= 4 is 41.5 Å². The summed E-state index contributed by atoms with van der Waals surface area (Å²) in [6.45, 7) is -0.625. The molecule has 3 N–H and O–H groups in total. The Balaban J connectivity index is 0.00000243. The monoisotopic (exact) mass is 400 g/mol. The molecule has 0 aliphatic rings. The minimum atomic E-state index is -1.24. The Morgan fingerprint density at radius 2 is 2.00 bits per heavy atom. The van der Waals surface area contributed by atoms with E-state index in [1.165, 1.54) is 22.7 Å². The molecule has 0 fully saturated rings. The Morgan fingerprint density at radius 1 is 1.27 bits per heavy atom. The fourth-order valence-electron chi connectivity index (χ4n) is 2.34. The van der Waals surface area contributed by atoms with Crippen LogP contribution in [0.15, 0.2) is 30.6 Å². The second-order valence-corrected chi connectivity index (χ2v) is 5.46. The summed E-state index contributed by atoms with van der Waals surface area (Å²) in [5.41, 5.74) is 0.303. The van der Waals surface area contributed by atoms with Gasteiger partial charge in [0.25, 0.3) is 5.91 Å². The summed E-state index contributed by atoms with van der Waals surface area (Å²) in [6.07, 6.45) is 1.15. The lowest BCUT2D eigenvalue weighted by atomic mass is 10.1. The van der Waals surface area contributed by atoms with Crippen LogP contribution in [0.1, 0.15) is 10.4 Å². The average molecular weight is 401 g/mol. The normalized spacial score (nSPS) is 10.4. The van der Waals surface area contributed by atoms with Crippen LogP contribution < -0.4 is 5.32 Å². The smallest absolute Gasteiger partial charge is 0.322 e. The molecule has 0 spiro atoms. The van der Waals surface area contributed by atoms with Gasteiger partial charge in [-0.2, -0.15) is 5.10 Å². The Hall–Kier alpha value is -2.91. The maximum atomic E-state index is 13.6. The molecule has 0 unspecified atom stereocenters. The molecule has 1 amide bonds. The number of nitrogens with one attached hydrogen (secondary N) is 1. The van der Waals surface area contributed by atoms with E-state index in [1.807, 2.05) is 0 Å². The van der Waals surface area contributed by atoms with Crippen molar-refractivity contribution in [1.82, 2.24) is 19.9 Å². The number of amides is 1. The lowest BCUT2D eigenvalue weighted by Gasteiger charge is -2.11. The van der Waals surface area contributed by atoms with Gasteiger partial charge < -0.3 is 15.5 Å². The standard InChI is InChI=1S/C15H10ClFN4O4.ClH/c16-8-1-7(2-9(17)3-8)10-4-11(22)13(14-19-6-20-21(10)14)15(25)18-5-12(23)24;/h1-4,6,22H,5H2,(H,18,25)(H,23,24);1H. The largest absolute Gasteiger partial charge is 0.507 e. The lowest BCUT2D eigenvalue weighted by Crippen LogP contribution is -2.29. The third-order valence-corrected chi connectivity index (χ3v) is 3.53. The van der Waals surface area contributed by atoms with Gasteiger partial charge in [-0.25, -0.2) is 13.9 Å². The third-order valence-electron chi connectivity index (χ3n) is 3.31. The first-order valence-corrected chi connectivity index (χ1v) is 7.27. The minimum Gasteiger partial charge on any atom is -0.507 e. The summed E-state index contributed by atoms with van der Waals surface area (Å²) in [7, 11) is 0. The highest BCUT2D eigenvalue weighted by atomic mass is 35.5. The first-order valence-electron chi connectivity index (χ1n) is 6.89. The van der Waals surface area contributed by atoms with Gasteiger partial charge in [0.05, 0.1) is 5.69 Å². The Kier molecular flexibility index (Phi) is 5.63. The molecular weight excluding hydrogens is 390 g/mol. The van der Waals surface area contributed by atoms with Crippen LogP contribution in [-0.2, 0) is 4.79 Å². The average Bonchev–Trinajstić information content (AvgIpc) is 2.99. The molecule has 0 saturated heterocycles. The first kappa shape index (κ1) is 19.4. The molecule has 0 aliphatic heterocycles. The van der Waals surface area contributed by atoms with E-state index in [4.69, 9.17) is 16.7 Å². The number of pyridine rings is 1. The number of carbonyl (C=O) groups is 2. The summed E-state index contributed by atoms with van der Waals surface area (Å²) in [4.78, 5) is 26.6. The Bertz CT molecular complexity index is 988. The van der Waals surface area contributed by atoms with Crippen LogP contribution in [0, 0.1) is 5.82 Å².